The molecule has 3 nitrogen and oxygen atoms in total. The molecule has 1 N–H and O–H groups in total. The van der Waals surface area contributed by atoms with Crippen LogP contribution in [0, 0.1) is 12.3 Å². The second-order valence-electron chi connectivity index (χ2n) is 2.31. The van der Waals surface area contributed by atoms with Gasteiger partial charge < -0.3 is 8.38 Å². The van der Waals surface area contributed by atoms with Gasteiger partial charge in [-0.3, -0.25) is 0 Å². The summed E-state index contributed by atoms with van der Waals surface area (Å²) in [5.41, 5.74) is 0. The predicted octanol–water partition coefficient (Wildman–Crippen LogP) is 2.26. The summed E-state index contributed by atoms with van der Waals surface area (Å²) < 4.78 is 4.37. The summed E-state index contributed by atoms with van der Waals surface area (Å²) in [6.07, 6.45) is 8.53. The SMILES string of the molecule is C#CCCCCCNC(=O)OI. The Morgan fingerprint density at radius 3 is 2.83 bits per heavy atom. The molecule has 0 heterocycles. The second kappa shape index (κ2) is 8.65. The molecule has 0 rings (SSSR count). The first-order valence-corrected chi connectivity index (χ1v) is 4.69. The molecule has 0 saturated heterocycles. The van der Waals surface area contributed by atoms with Crippen molar-refractivity contribution >= 4 is 29.1 Å². The lowest BCUT2D eigenvalue weighted by Crippen LogP contribution is -2.22. The molecule has 0 aromatic carbocycles. The Morgan fingerprint density at radius 1 is 1.50 bits per heavy atom. The Kier molecular flexibility index (Phi) is 8.34. The Balaban J connectivity index is 3.01. The number of nitrogens with one attached hydrogen (secondary N) is 1. The molecule has 0 unspecified atom stereocenters. The summed E-state index contributed by atoms with van der Waals surface area (Å²) >= 11 is 1.55. The summed E-state index contributed by atoms with van der Waals surface area (Å²) in [4.78, 5) is 10.5. The van der Waals surface area contributed by atoms with Crippen LogP contribution in [-0.2, 0) is 3.07 Å². The Morgan fingerprint density at radius 2 is 2.25 bits per heavy atom. The van der Waals surface area contributed by atoms with E-state index in [2.05, 4.69) is 14.3 Å². The molecule has 0 spiro atoms. The number of terminal acetylenes is 1. The normalized spacial score (nSPS) is 8.67. The van der Waals surface area contributed by atoms with E-state index in [9.17, 15) is 4.79 Å². The molecule has 0 aliphatic heterocycles. The third-order valence-electron chi connectivity index (χ3n) is 1.34. The Hall–Kier alpha value is -0.440. The van der Waals surface area contributed by atoms with Crippen LogP contribution in [0.25, 0.3) is 0 Å². The fourth-order valence-corrected chi connectivity index (χ4v) is 0.902. The summed E-state index contributed by atoms with van der Waals surface area (Å²) in [6.45, 7) is 0.659. The van der Waals surface area contributed by atoms with Gasteiger partial charge >= 0.3 is 6.09 Å². The van der Waals surface area contributed by atoms with Crippen LogP contribution in [0.3, 0.4) is 0 Å². The van der Waals surface area contributed by atoms with Crippen LogP contribution in [0.15, 0.2) is 0 Å². The summed E-state index contributed by atoms with van der Waals surface area (Å²) in [5, 5.41) is 2.59. The lowest BCUT2D eigenvalue weighted by molar-refractivity contribution is 0.214. The van der Waals surface area contributed by atoms with E-state index >= 15 is 0 Å². The largest absolute Gasteiger partial charge is 0.416 e. The number of amides is 1. The lowest BCUT2D eigenvalue weighted by atomic mass is 10.2. The molecule has 0 aliphatic carbocycles. The fourth-order valence-electron chi connectivity index (χ4n) is 0.747. The molecular formula is C8H12INO2. The minimum absolute atomic E-state index is 0.382. The minimum Gasteiger partial charge on any atom is -0.378 e. The standard InChI is InChI=1S/C8H12INO2/c1-2-3-4-5-6-7-10-8(11)12-9/h1H,3-7H2,(H,10,11). The van der Waals surface area contributed by atoms with Crippen LogP contribution >= 0.6 is 23.0 Å². The number of unbranched alkanes of at least 4 members (excludes halogenated alkanes) is 3. The first kappa shape index (κ1) is 11.6. The van der Waals surface area contributed by atoms with Crippen LogP contribution in [0.4, 0.5) is 4.79 Å². The second-order valence-corrected chi connectivity index (χ2v) is 2.75. The average molecular weight is 281 g/mol. The maximum absolute atomic E-state index is 10.5. The first-order chi connectivity index (χ1) is 5.81. The van der Waals surface area contributed by atoms with Gasteiger partial charge in [-0.05, 0) is 12.8 Å². The van der Waals surface area contributed by atoms with Gasteiger partial charge in [0.25, 0.3) is 0 Å². The van der Waals surface area contributed by atoms with Gasteiger partial charge in [0.05, 0.1) is 0 Å². The Labute approximate surface area is 86.9 Å². The van der Waals surface area contributed by atoms with Gasteiger partial charge in [0.1, 0.15) is 0 Å². The first-order valence-electron chi connectivity index (χ1n) is 3.81. The van der Waals surface area contributed by atoms with Crippen LogP contribution in [0.2, 0.25) is 0 Å². The van der Waals surface area contributed by atoms with Crippen molar-refractivity contribution in [3.8, 4) is 12.3 Å². The highest BCUT2D eigenvalue weighted by Gasteiger charge is 1.96. The monoisotopic (exact) mass is 281 g/mol. The van der Waals surface area contributed by atoms with Gasteiger partial charge in [0.2, 0.25) is 0 Å². The van der Waals surface area contributed by atoms with E-state index in [1.165, 1.54) is 0 Å². The highest BCUT2D eigenvalue weighted by molar-refractivity contribution is 14.1. The molecule has 4 heteroatoms. The van der Waals surface area contributed by atoms with Crippen molar-refractivity contribution in [1.82, 2.24) is 5.32 Å². The third kappa shape index (κ3) is 7.66. The highest BCUT2D eigenvalue weighted by atomic mass is 127. The van der Waals surface area contributed by atoms with E-state index in [-0.39, 0.29) is 6.09 Å². The summed E-state index contributed by atoms with van der Waals surface area (Å²) in [7, 11) is 0. The zero-order valence-corrected chi connectivity index (χ0v) is 8.96. The molecule has 0 radical (unpaired) electrons. The number of carbonyl (C=O) groups excluding carboxylic acids is 1. The van der Waals surface area contributed by atoms with Crippen molar-refractivity contribution in [2.45, 2.75) is 25.7 Å². The topological polar surface area (TPSA) is 38.3 Å². The van der Waals surface area contributed by atoms with E-state index in [0.717, 1.165) is 25.7 Å². The molecule has 0 aromatic rings. The maximum atomic E-state index is 10.5. The van der Waals surface area contributed by atoms with Crippen LogP contribution in [0.1, 0.15) is 25.7 Å². The molecule has 0 aliphatic rings. The molecule has 0 fully saturated rings. The zero-order chi connectivity index (χ0) is 9.23. The van der Waals surface area contributed by atoms with Gasteiger partial charge in [-0.25, -0.2) is 4.79 Å². The number of hydrogen-bond donors (Lipinski definition) is 1. The molecule has 12 heavy (non-hydrogen) atoms. The molecule has 1 amide bonds. The molecular weight excluding hydrogens is 269 g/mol. The fraction of sp³-hybridized carbons (Fsp3) is 0.625. The van der Waals surface area contributed by atoms with E-state index in [0.29, 0.717) is 6.54 Å². The summed E-state index contributed by atoms with van der Waals surface area (Å²) in [6, 6.07) is 0. The number of hydrogen-bond acceptors (Lipinski definition) is 2. The molecule has 0 saturated carbocycles. The van der Waals surface area contributed by atoms with Crippen LogP contribution in [-0.4, -0.2) is 12.6 Å². The number of carbonyl (C=O) groups is 1. The molecule has 0 bridgehead atoms. The van der Waals surface area contributed by atoms with Gasteiger partial charge in [0, 0.05) is 13.0 Å². The Bertz CT molecular complexity index is 165. The van der Waals surface area contributed by atoms with Crippen molar-refractivity contribution in [2.75, 3.05) is 6.54 Å². The van der Waals surface area contributed by atoms with Crippen molar-refractivity contribution in [1.29, 1.82) is 0 Å². The average Bonchev–Trinajstić information content (AvgIpc) is 2.10. The van der Waals surface area contributed by atoms with E-state index < -0.39 is 0 Å². The van der Waals surface area contributed by atoms with Crippen LogP contribution < -0.4 is 5.32 Å². The van der Waals surface area contributed by atoms with Crippen molar-refractivity contribution in [3.05, 3.63) is 0 Å². The van der Waals surface area contributed by atoms with E-state index in [1.54, 1.807) is 23.0 Å². The van der Waals surface area contributed by atoms with Gasteiger partial charge in [-0.2, -0.15) is 0 Å². The quantitative estimate of drug-likeness (QED) is 0.477. The molecule has 0 atom stereocenters. The van der Waals surface area contributed by atoms with E-state index in [4.69, 9.17) is 6.42 Å². The number of rotatable bonds is 5. The lowest BCUT2D eigenvalue weighted by Gasteiger charge is -2.00. The third-order valence-corrected chi connectivity index (χ3v) is 1.74. The highest BCUT2D eigenvalue weighted by Crippen LogP contribution is 1.97. The smallest absolute Gasteiger partial charge is 0.378 e. The van der Waals surface area contributed by atoms with Crippen molar-refractivity contribution in [2.24, 2.45) is 0 Å². The predicted molar refractivity (Wildman–Crippen MR) is 55.8 cm³/mol. The van der Waals surface area contributed by atoms with Gasteiger partial charge in [-0.1, -0.05) is 6.42 Å². The zero-order valence-electron chi connectivity index (χ0n) is 6.81. The van der Waals surface area contributed by atoms with Crippen LogP contribution in [0.5, 0.6) is 0 Å². The minimum atomic E-state index is -0.382. The van der Waals surface area contributed by atoms with Crippen molar-refractivity contribution in [3.63, 3.8) is 0 Å². The van der Waals surface area contributed by atoms with Gasteiger partial charge in [-0.15, -0.1) is 12.3 Å². The molecule has 0 aromatic heterocycles. The molecule has 68 valence electrons. The van der Waals surface area contributed by atoms with Crippen molar-refractivity contribution < 1.29 is 7.86 Å². The van der Waals surface area contributed by atoms with Gasteiger partial charge in [0.15, 0.2) is 23.0 Å². The summed E-state index contributed by atoms with van der Waals surface area (Å²) in [5.74, 6) is 2.57. The maximum Gasteiger partial charge on any atom is 0.416 e. The number of halogens is 1. The van der Waals surface area contributed by atoms with E-state index in [1.807, 2.05) is 0 Å².